The first-order valence-corrected chi connectivity index (χ1v) is 15.8. The molecule has 1 aliphatic rings. The van der Waals surface area contributed by atoms with Gasteiger partial charge in [-0.1, -0.05) is 71.7 Å². The van der Waals surface area contributed by atoms with E-state index in [2.05, 4.69) is 86.7 Å². The molecule has 0 aliphatic carbocycles. The first kappa shape index (κ1) is 29.1. The lowest BCUT2D eigenvalue weighted by Crippen LogP contribution is -2.24. The van der Waals surface area contributed by atoms with Crippen LogP contribution in [0.2, 0.25) is 0 Å². The molecule has 4 aromatic carbocycles. The molecule has 0 spiro atoms. The number of aliphatic hydroxyl groups excluding tert-OH is 2. The standard InChI is InChI=1S/C36H33N7O4/c37-36-38-34-33(35(46)39-36)25(18-43(34)30-16-28(45)29(20-44)47-30)6-3-1-2-4-9-26-19-42(41-40-26)17-24-13-12-23-11-10-21-7-5-8-22-14-15-27(24)32(23)31(21)22/h5,7-8,10-15,18-19,28-30,44-45H,1-2,4,9,16-17,20H2,(H3,37,38,39,46)/t28-,29+,30+/m0/s1. The Balaban J connectivity index is 0.926. The fourth-order valence-corrected chi connectivity index (χ4v) is 6.85. The number of hydrogen-bond donors (Lipinski definition) is 4. The van der Waals surface area contributed by atoms with Crippen LogP contribution in [0.25, 0.3) is 43.4 Å². The minimum Gasteiger partial charge on any atom is -0.394 e. The van der Waals surface area contributed by atoms with E-state index in [4.69, 9.17) is 10.5 Å². The summed E-state index contributed by atoms with van der Waals surface area (Å²) < 4.78 is 9.37. The Labute approximate surface area is 268 Å². The first-order valence-electron chi connectivity index (χ1n) is 15.8. The summed E-state index contributed by atoms with van der Waals surface area (Å²) in [5.74, 6) is 6.28. The Morgan fingerprint density at radius 1 is 1.00 bits per heavy atom. The molecule has 1 saturated heterocycles. The van der Waals surface area contributed by atoms with Gasteiger partial charge >= 0.3 is 0 Å². The van der Waals surface area contributed by atoms with Gasteiger partial charge in [0.25, 0.3) is 5.56 Å². The average Bonchev–Trinajstić information content (AvgIpc) is 3.78. The molecule has 11 nitrogen and oxygen atoms in total. The summed E-state index contributed by atoms with van der Waals surface area (Å²) in [4.78, 5) is 19.6. The van der Waals surface area contributed by atoms with Gasteiger partial charge in [-0.05, 0) is 57.1 Å². The second kappa shape index (κ2) is 11.8. The highest BCUT2D eigenvalue weighted by molar-refractivity contribution is 6.23. The van der Waals surface area contributed by atoms with Gasteiger partial charge in [-0.3, -0.25) is 9.78 Å². The van der Waals surface area contributed by atoms with Gasteiger partial charge in [0.2, 0.25) is 5.95 Å². The zero-order valence-electron chi connectivity index (χ0n) is 25.6. The fraction of sp³-hybridized carbons (Fsp3) is 0.278. The van der Waals surface area contributed by atoms with Crippen LogP contribution in [0.5, 0.6) is 0 Å². The highest BCUT2D eigenvalue weighted by Gasteiger charge is 2.35. The number of nitrogens with two attached hydrogens (primary N) is 1. The Kier molecular flexibility index (Phi) is 7.33. The van der Waals surface area contributed by atoms with Gasteiger partial charge in [0.05, 0.1) is 35.9 Å². The summed E-state index contributed by atoms with van der Waals surface area (Å²) in [6.07, 6.45) is 5.00. The van der Waals surface area contributed by atoms with Gasteiger partial charge < -0.3 is 25.3 Å². The van der Waals surface area contributed by atoms with E-state index in [0.29, 0.717) is 29.6 Å². The second-order valence-electron chi connectivity index (χ2n) is 12.2. The van der Waals surface area contributed by atoms with Crippen molar-refractivity contribution in [3.63, 3.8) is 0 Å². The third-order valence-corrected chi connectivity index (χ3v) is 9.14. The lowest BCUT2D eigenvalue weighted by molar-refractivity contribution is -0.0430. The number of nitrogen functional groups attached to an aromatic ring is 1. The number of fused-ring (bicyclic) bond motifs is 1. The van der Waals surface area contributed by atoms with E-state index in [1.807, 2.05) is 10.9 Å². The van der Waals surface area contributed by atoms with Gasteiger partial charge in [-0.2, -0.15) is 4.98 Å². The van der Waals surface area contributed by atoms with Crippen molar-refractivity contribution < 1.29 is 14.9 Å². The minimum absolute atomic E-state index is 0.0218. The number of benzene rings is 4. The molecular weight excluding hydrogens is 594 g/mol. The van der Waals surface area contributed by atoms with Crippen LogP contribution in [0, 0.1) is 11.8 Å². The number of anilines is 1. The van der Waals surface area contributed by atoms with Gasteiger partial charge in [0, 0.05) is 25.2 Å². The summed E-state index contributed by atoms with van der Waals surface area (Å²) in [7, 11) is 0. The molecule has 0 bridgehead atoms. The molecule has 47 heavy (non-hydrogen) atoms. The van der Waals surface area contributed by atoms with Crippen molar-refractivity contribution >= 4 is 49.3 Å². The molecule has 5 N–H and O–H groups in total. The number of aliphatic hydroxyl groups is 2. The number of hydrogen-bond acceptors (Lipinski definition) is 8. The van der Waals surface area contributed by atoms with E-state index in [1.165, 1.54) is 37.9 Å². The van der Waals surface area contributed by atoms with Gasteiger partial charge in [-0.15, -0.1) is 5.10 Å². The van der Waals surface area contributed by atoms with E-state index in [-0.39, 0.29) is 19.0 Å². The van der Waals surface area contributed by atoms with E-state index in [9.17, 15) is 15.0 Å². The Hall–Kier alpha value is -5.28. The molecule has 8 rings (SSSR count). The number of H-pyrrole nitrogens is 1. The third-order valence-electron chi connectivity index (χ3n) is 9.14. The molecule has 3 atom stereocenters. The smallest absolute Gasteiger partial charge is 0.263 e. The van der Waals surface area contributed by atoms with Crippen LogP contribution in [-0.4, -0.2) is 58.6 Å². The normalized spacial score (nSPS) is 18.1. The molecule has 0 unspecified atom stereocenters. The maximum atomic E-state index is 12.8. The summed E-state index contributed by atoms with van der Waals surface area (Å²) in [5.41, 5.74) is 8.42. The van der Waals surface area contributed by atoms with Crippen molar-refractivity contribution in [2.45, 2.75) is 57.1 Å². The van der Waals surface area contributed by atoms with Crippen LogP contribution in [0.3, 0.4) is 0 Å². The van der Waals surface area contributed by atoms with Crippen molar-refractivity contribution in [1.29, 1.82) is 0 Å². The van der Waals surface area contributed by atoms with Crippen LogP contribution in [0.1, 0.15) is 48.7 Å². The zero-order valence-corrected chi connectivity index (χ0v) is 25.6. The van der Waals surface area contributed by atoms with Gasteiger partial charge in [0.1, 0.15) is 12.3 Å². The summed E-state index contributed by atoms with van der Waals surface area (Å²) >= 11 is 0. The van der Waals surface area contributed by atoms with Crippen LogP contribution >= 0.6 is 0 Å². The minimum atomic E-state index is -0.828. The molecule has 1 aliphatic heterocycles. The Bertz CT molecular complexity index is 2360. The summed E-state index contributed by atoms with van der Waals surface area (Å²) in [6, 6.07) is 19.7. The largest absolute Gasteiger partial charge is 0.394 e. The SMILES string of the molecule is Nc1nc2c(c(C#CCCCCc3cn(Cc4ccc5ccc6cccc7ccc4c5c67)nn3)cn2[C@H]2C[C@H](O)[C@@H](CO)O2)c(=O)[nH]1. The van der Waals surface area contributed by atoms with E-state index >= 15 is 0 Å². The Morgan fingerprint density at radius 3 is 2.60 bits per heavy atom. The average molecular weight is 628 g/mol. The number of aromatic nitrogens is 6. The lowest BCUT2D eigenvalue weighted by Gasteiger charge is -2.14. The molecule has 0 amide bonds. The fourth-order valence-electron chi connectivity index (χ4n) is 6.85. The third kappa shape index (κ3) is 5.26. The number of aryl methyl sites for hydroxylation is 1. The molecular formula is C36H33N7O4. The summed E-state index contributed by atoms with van der Waals surface area (Å²) in [6.45, 7) is 0.336. The van der Waals surface area contributed by atoms with Crippen molar-refractivity contribution in [1.82, 2.24) is 29.5 Å². The molecule has 236 valence electrons. The monoisotopic (exact) mass is 627 g/mol. The molecule has 4 heterocycles. The number of aromatic amines is 1. The van der Waals surface area contributed by atoms with Crippen molar-refractivity contribution in [2.75, 3.05) is 12.3 Å². The number of nitrogens with zero attached hydrogens (tertiary/aromatic N) is 5. The van der Waals surface area contributed by atoms with Crippen molar-refractivity contribution in [2.24, 2.45) is 0 Å². The number of ether oxygens (including phenoxy) is 1. The maximum absolute atomic E-state index is 12.8. The Morgan fingerprint density at radius 2 is 1.79 bits per heavy atom. The number of rotatable bonds is 8. The highest BCUT2D eigenvalue weighted by Crippen LogP contribution is 2.36. The topological polar surface area (TPSA) is 157 Å². The summed E-state index contributed by atoms with van der Waals surface area (Å²) in [5, 5.41) is 36.5. The molecule has 0 saturated carbocycles. The molecule has 1 fully saturated rings. The van der Waals surface area contributed by atoms with Crippen LogP contribution in [-0.2, 0) is 17.7 Å². The number of nitrogens with one attached hydrogen (secondary N) is 1. The molecule has 7 aromatic rings. The van der Waals surface area contributed by atoms with E-state index < -0.39 is 24.0 Å². The van der Waals surface area contributed by atoms with Crippen LogP contribution in [0.15, 0.2) is 71.8 Å². The first-order chi connectivity index (χ1) is 23.0. The van der Waals surface area contributed by atoms with E-state index in [1.54, 1.807) is 10.8 Å². The maximum Gasteiger partial charge on any atom is 0.263 e. The van der Waals surface area contributed by atoms with Crippen molar-refractivity contribution in [3.8, 4) is 11.8 Å². The lowest BCUT2D eigenvalue weighted by atomic mass is 9.92. The predicted octanol–water partition coefficient (Wildman–Crippen LogP) is 4.25. The second-order valence-corrected chi connectivity index (χ2v) is 12.2. The van der Waals surface area contributed by atoms with Gasteiger partial charge in [0.15, 0.2) is 5.65 Å². The number of unbranched alkanes of at least 4 members (excludes halogenated alkanes) is 2. The predicted molar refractivity (Wildman–Crippen MR) is 180 cm³/mol. The van der Waals surface area contributed by atoms with Gasteiger partial charge in [-0.25, -0.2) is 4.68 Å². The quantitative estimate of drug-likeness (QED) is 0.111. The molecule has 3 aromatic heterocycles. The zero-order chi connectivity index (χ0) is 32.1. The molecule has 0 radical (unpaired) electrons. The van der Waals surface area contributed by atoms with Crippen LogP contribution < -0.4 is 11.3 Å². The van der Waals surface area contributed by atoms with E-state index in [0.717, 1.165) is 25.0 Å². The highest BCUT2D eigenvalue weighted by atomic mass is 16.5. The van der Waals surface area contributed by atoms with Crippen LogP contribution in [0.4, 0.5) is 5.95 Å². The molecule has 11 heteroatoms. The van der Waals surface area contributed by atoms with Crippen molar-refractivity contribution in [3.05, 3.63) is 94.2 Å².